The molecular weight excluding hydrogens is 264 g/mol. The topological polar surface area (TPSA) is 54.4 Å². The van der Waals surface area contributed by atoms with E-state index in [1.807, 2.05) is 0 Å². The number of ketones is 2. The zero-order chi connectivity index (χ0) is 14.8. The van der Waals surface area contributed by atoms with Gasteiger partial charge in [-0.15, -0.1) is 0 Å². The molecule has 3 fully saturated rings. The molecule has 1 N–H and O–H groups in total. The molecule has 0 bridgehead atoms. The molecule has 3 nitrogen and oxygen atoms in total. The van der Waals surface area contributed by atoms with E-state index in [0.717, 1.165) is 44.1 Å². The van der Waals surface area contributed by atoms with E-state index in [9.17, 15) is 14.7 Å². The fraction of sp³-hybridized carbons (Fsp3) is 0.667. The minimum atomic E-state index is -0.127. The maximum atomic E-state index is 12.4. The third kappa shape index (κ3) is 1.72. The van der Waals surface area contributed by atoms with Crippen LogP contribution >= 0.6 is 0 Å². The fourth-order valence-corrected chi connectivity index (χ4v) is 5.70. The van der Waals surface area contributed by atoms with Crippen LogP contribution in [0.4, 0.5) is 0 Å². The van der Waals surface area contributed by atoms with Crippen LogP contribution in [0.5, 0.6) is 0 Å². The molecule has 112 valence electrons. The molecule has 0 aromatic carbocycles. The van der Waals surface area contributed by atoms with Crippen molar-refractivity contribution in [2.45, 2.75) is 45.4 Å². The van der Waals surface area contributed by atoms with Crippen LogP contribution in [0.15, 0.2) is 23.5 Å². The molecule has 0 aromatic rings. The van der Waals surface area contributed by atoms with Gasteiger partial charge in [0, 0.05) is 23.8 Å². The van der Waals surface area contributed by atoms with Crippen molar-refractivity contribution in [2.24, 2.45) is 29.1 Å². The van der Waals surface area contributed by atoms with E-state index in [1.54, 1.807) is 6.08 Å². The molecule has 5 atom stereocenters. The van der Waals surface area contributed by atoms with Gasteiger partial charge in [-0.05, 0) is 55.9 Å². The average Bonchev–Trinajstić information content (AvgIpc) is 2.74. The van der Waals surface area contributed by atoms with E-state index in [1.165, 1.54) is 6.08 Å². The van der Waals surface area contributed by atoms with Crippen molar-refractivity contribution in [3.05, 3.63) is 23.5 Å². The first-order chi connectivity index (χ1) is 10.0. The molecule has 21 heavy (non-hydrogen) atoms. The van der Waals surface area contributed by atoms with Gasteiger partial charge in [0.15, 0.2) is 5.78 Å². The first-order valence-electron chi connectivity index (χ1n) is 8.19. The van der Waals surface area contributed by atoms with Gasteiger partial charge in [-0.1, -0.05) is 12.5 Å². The van der Waals surface area contributed by atoms with Gasteiger partial charge in [0.25, 0.3) is 0 Å². The lowest BCUT2D eigenvalue weighted by molar-refractivity contribution is -0.132. The van der Waals surface area contributed by atoms with Crippen LogP contribution < -0.4 is 0 Å². The van der Waals surface area contributed by atoms with Crippen molar-refractivity contribution >= 4 is 11.6 Å². The Kier molecular flexibility index (Phi) is 2.73. The first-order valence-corrected chi connectivity index (χ1v) is 8.19. The van der Waals surface area contributed by atoms with Crippen LogP contribution in [0.2, 0.25) is 0 Å². The molecule has 4 rings (SSSR count). The molecule has 4 aliphatic rings. The summed E-state index contributed by atoms with van der Waals surface area (Å²) in [5, 5.41) is 9.66. The molecule has 3 saturated carbocycles. The highest BCUT2D eigenvalue weighted by Crippen LogP contribution is 2.60. The number of aliphatic hydroxyl groups excluding tert-OH is 1. The maximum Gasteiger partial charge on any atom is 0.166 e. The van der Waals surface area contributed by atoms with E-state index in [-0.39, 0.29) is 22.9 Å². The zero-order valence-corrected chi connectivity index (χ0v) is 12.5. The first kappa shape index (κ1) is 13.3. The van der Waals surface area contributed by atoms with E-state index >= 15 is 0 Å². The van der Waals surface area contributed by atoms with E-state index in [0.29, 0.717) is 23.5 Å². The van der Waals surface area contributed by atoms with Crippen molar-refractivity contribution < 1.29 is 14.7 Å². The predicted octanol–water partition coefficient (Wildman–Crippen LogP) is 3.36. The molecule has 3 heteroatoms. The highest BCUT2D eigenvalue weighted by molar-refractivity contribution is 5.96. The number of hydrogen-bond acceptors (Lipinski definition) is 3. The summed E-state index contributed by atoms with van der Waals surface area (Å²) in [6, 6.07) is 0. The number of aliphatic hydroxyl groups is 1. The van der Waals surface area contributed by atoms with Crippen LogP contribution in [0, 0.1) is 29.1 Å². The number of rotatable bonds is 0. The third-order valence-electron chi connectivity index (χ3n) is 6.73. The molecule has 0 amide bonds. The second-order valence-corrected chi connectivity index (χ2v) is 7.56. The summed E-state index contributed by atoms with van der Waals surface area (Å²) in [5.41, 5.74) is 0.993. The lowest BCUT2D eigenvalue weighted by atomic mass is 9.52. The van der Waals surface area contributed by atoms with Gasteiger partial charge >= 0.3 is 0 Å². The molecule has 0 radical (unpaired) electrons. The van der Waals surface area contributed by atoms with Gasteiger partial charge < -0.3 is 5.11 Å². The summed E-state index contributed by atoms with van der Waals surface area (Å²) >= 11 is 0. The Bertz CT molecular complexity index is 585. The molecular formula is C18H22O3. The molecule has 0 aliphatic heterocycles. The number of hydrogen-bond donors (Lipinski definition) is 1. The van der Waals surface area contributed by atoms with Gasteiger partial charge in [0.1, 0.15) is 11.5 Å². The Morgan fingerprint density at radius 1 is 1.10 bits per heavy atom. The minimum Gasteiger partial charge on any atom is -0.508 e. The Morgan fingerprint density at radius 2 is 1.90 bits per heavy atom. The van der Waals surface area contributed by atoms with Crippen molar-refractivity contribution in [3.63, 3.8) is 0 Å². The SMILES string of the molecule is C[C@]12CC[C@@H]3[C@H]4C(=O)C=C(O)C=C4CC[C@H]3[C@@H]1CCC2=O. The Hall–Kier alpha value is -1.38. The fourth-order valence-electron chi connectivity index (χ4n) is 5.70. The van der Waals surface area contributed by atoms with E-state index < -0.39 is 0 Å². The van der Waals surface area contributed by atoms with E-state index in [4.69, 9.17) is 0 Å². The van der Waals surface area contributed by atoms with Gasteiger partial charge in [0.05, 0.1) is 0 Å². The summed E-state index contributed by atoms with van der Waals surface area (Å²) < 4.78 is 0. The summed E-state index contributed by atoms with van der Waals surface area (Å²) in [4.78, 5) is 24.7. The lowest BCUT2D eigenvalue weighted by Gasteiger charge is -2.51. The average molecular weight is 286 g/mol. The summed E-state index contributed by atoms with van der Waals surface area (Å²) in [6.45, 7) is 2.16. The number of carbonyl (C=O) groups is 2. The number of Topliss-reactive ketones (excluding diaryl/α,β-unsaturated/α-hetero) is 1. The van der Waals surface area contributed by atoms with Crippen LogP contribution in [0.3, 0.4) is 0 Å². The summed E-state index contributed by atoms with van der Waals surface area (Å²) in [6.07, 6.45) is 8.82. The molecule has 0 heterocycles. The quantitative estimate of drug-likeness (QED) is 0.743. The summed E-state index contributed by atoms with van der Waals surface area (Å²) in [7, 11) is 0. The normalized spacial score (nSPS) is 45.4. The highest BCUT2D eigenvalue weighted by Gasteiger charge is 2.56. The lowest BCUT2D eigenvalue weighted by Crippen LogP contribution is -2.47. The number of fused-ring (bicyclic) bond motifs is 5. The van der Waals surface area contributed by atoms with Gasteiger partial charge in [0.2, 0.25) is 0 Å². The van der Waals surface area contributed by atoms with Crippen molar-refractivity contribution in [1.82, 2.24) is 0 Å². The monoisotopic (exact) mass is 286 g/mol. The van der Waals surface area contributed by atoms with E-state index in [2.05, 4.69) is 6.92 Å². The predicted molar refractivity (Wildman–Crippen MR) is 78.6 cm³/mol. The zero-order valence-electron chi connectivity index (χ0n) is 12.5. The minimum absolute atomic E-state index is 0.0279. The second kappa shape index (κ2) is 4.31. The molecule has 0 aromatic heterocycles. The van der Waals surface area contributed by atoms with Crippen molar-refractivity contribution in [2.75, 3.05) is 0 Å². The van der Waals surface area contributed by atoms with Crippen LogP contribution in [-0.4, -0.2) is 16.7 Å². The smallest absolute Gasteiger partial charge is 0.166 e. The number of carbonyl (C=O) groups excluding carboxylic acids is 2. The van der Waals surface area contributed by atoms with Crippen LogP contribution in [-0.2, 0) is 9.59 Å². The molecule has 0 saturated heterocycles. The second-order valence-electron chi connectivity index (χ2n) is 7.56. The Labute approximate surface area is 125 Å². The summed E-state index contributed by atoms with van der Waals surface area (Å²) in [5.74, 6) is 1.96. The Balaban J connectivity index is 1.68. The molecule has 4 aliphatic carbocycles. The van der Waals surface area contributed by atoms with Gasteiger partial charge in [-0.2, -0.15) is 0 Å². The Morgan fingerprint density at radius 3 is 2.71 bits per heavy atom. The van der Waals surface area contributed by atoms with Gasteiger partial charge in [-0.25, -0.2) is 0 Å². The van der Waals surface area contributed by atoms with Gasteiger partial charge in [-0.3, -0.25) is 9.59 Å². The maximum absolute atomic E-state index is 12.4. The molecule has 0 spiro atoms. The third-order valence-corrected chi connectivity index (χ3v) is 6.73. The van der Waals surface area contributed by atoms with Crippen molar-refractivity contribution in [1.29, 1.82) is 0 Å². The highest BCUT2D eigenvalue weighted by atomic mass is 16.3. The van der Waals surface area contributed by atoms with Crippen LogP contribution in [0.25, 0.3) is 0 Å². The van der Waals surface area contributed by atoms with Crippen molar-refractivity contribution in [3.8, 4) is 0 Å². The molecule has 0 unspecified atom stereocenters. The largest absolute Gasteiger partial charge is 0.508 e. The van der Waals surface area contributed by atoms with Crippen LogP contribution in [0.1, 0.15) is 45.4 Å². The standard InChI is InChI=1S/C18H22O3/c1-18-7-6-13-12(14(18)4-5-16(18)21)3-2-10-8-11(19)9-15(20)17(10)13/h8-9,12-14,17,19H,2-7H2,1H3/t12-,13+,14+,17+,18+/m1/s1. The number of allylic oxidation sites excluding steroid dienone is 3.